The van der Waals surface area contributed by atoms with Gasteiger partial charge in [0.05, 0.1) is 10.9 Å². The van der Waals surface area contributed by atoms with Crippen LogP contribution in [-0.4, -0.2) is 10.9 Å². The van der Waals surface area contributed by atoms with E-state index in [9.17, 15) is 9.90 Å². The van der Waals surface area contributed by atoms with Gasteiger partial charge in [-0.3, -0.25) is 4.79 Å². The normalized spacial score (nSPS) is 10.9. The highest BCUT2D eigenvalue weighted by molar-refractivity contribution is 6.03. The van der Waals surface area contributed by atoms with Crippen LogP contribution in [0, 0.1) is 6.92 Å². The molecule has 0 bridgehead atoms. The molecule has 0 saturated heterocycles. The third-order valence-corrected chi connectivity index (χ3v) is 4.75. The second kappa shape index (κ2) is 7.24. The summed E-state index contributed by atoms with van der Waals surface area (Å²) in [5.74, 6) is 1.21. The van der Waals surface area contributed by atoms with Gasteiger partial charge in [-0.05, 0) is 61.4 Å². The summed E-state index contributed by atoms with van der Waals surface area (Å²) in [6.07, 6.45) is 0. The highest BCUT2D eigenvalue weighted by atomic mass is 16.5. The van der Waals surface area contributed by atoms with Crippen molar-refractivity contribution in [1.29, 1.82) is 0 Å². The number of carbonyl (C=O) groups excluding carboxylic acids is 1. The average molecular weight is 372 g/mol. The number of hydrogen-bond donors (Lipinski definition) is 1. The molecule has 0 saturated carbocycles. The Labute approximate surface area is 163 Å². The highest BCUT2D eigenvalue weighted by Gasteiger charge is 2.15. The lowest BCUT2D eigenvalue weighted by molar-refractivity contribution is 0.101. The Bertz CT molecular complexity index is 1160. The molecule has 4 rings (SSSR count). The lowest BCUT2D eigenvalue weighted by Gasteiger charge is -2.10. The van der Waals surface area contributed by atoms with E-state index in [0.29, 0.717) is 28.9 Å². The van der Waals surface area contributed by atoms with Gasteiger partial charge in [-0.15, -0.1) is 0 Å². The number of Topliss-reactive ketones (excluding diaryl/α,β-unsaturated/α-hetero) is 1. The zero-order valence-electron chi connectivity index (χ0n) is 15.7. The summed E-state index contributed by atoms with van der Waals surface area (Å²) < 4.78 is 11.8. The van der Waals surface area contributed by atoms with E-state index < -0.39 is 0 Å². The molecule has 4 heteroatoms. The van der Waals surface area contributed by atoms with Crippen molar-refractivity contribution in [3.05, 3.63) is 83.4 Å². The van der Waals surface area contributed by atoms with Crippen LogP contribution in [0.25, 0.3) is 22.3 Å². The summed E-state index contributed by atoms with van der Waals surface area (Å²) in [4.78, 5) is 11.6. The van der Waals surface area contributed by atoms with Gasteiger partial charge in [-0.2, -0.15) is 0 Å². The molecule has 140 valence electrons. The zero-order chi connectivity index (χ0) is 19.7. The van der Waals surface area contributed by atoms with Crippen LogP contribution in [0.3, 0.4) is 0 Å². The number of phenols is 1. The fourth-order valence-corrected chi connectivity index (χ4v) is 3.22. The predicted molar refractivity (Wildman–Crippen MR) is 109 cm³/mol. The van der Waals surface area contributed by atoms with Crippen molar-refractivity contribution in [2.45, 2.75) is 20.5 Å². The summed E-state index contributed by atoms with van der Waals surface area (Å²) in [7, 11) is 0. The number of furan rings is 1. The molecule has 0 atom stereocenters. The standard InChI is InChI=1S/C24H20O4/c1-15-12-18(8-10-21(15)27-14-17-6-4-3-5-7-17)23-13-20-22(28-23)11-9-19(16(2)25)24(20)26/h3-13,26H,14H2,1-2H3. The second-order valence-corrected chi connectivity index (χ2v) is 6.79. The third kappa shape index (κ3) is 3.37. The van der Waals surface area contributed by atoms with Crippen LogP contribution >= 0.6 is 0 Å². The quantitative estimate of drug-likeness (QED) is 0.443. The number of phenolic OH excluding ortho intramolecular Hbond substituents is 1. The summed E-state index contributed by atoms with van der Waals surface area (Å²) in [6, 6.07) is 20.9. The first-order valence-corrected chi connectivity index (χ1v) is 9.07. The highest BCUT2D eigenvalue weighted by Crippen LogP contribution is 2.36. The van der Waals surface area contributed by atoms with Crippen molar-refractivity contribution in [1.82, 2.24) is 0 Å². The number of aryl methyl sites for hydroxylation is 1. The number of rotatable bonds is 5. The Hall–Kier alpha value is -3.53. The van der Waals surface area contributed by atoms with Crippen molar-refractivity contribution in [2.24, 2.45) is 0 Å². The molecule has 0 unspecified atom stereocenters. The first-order chi connectivity index (χ1) is 13.5. The van der Waals surface area contributed by atoms with E-state index in [4.69, 9.17) is 9.15 Å². The molecule has 0 fully saturated rings. The van der Waals surface area contributed by atoms with Gasteiger partial charge in [-0.1, -0.05) is 30.3 Å². The molecular weight excluding hydrogens is 352 g/mol. The van der Waals surface area contributed by atoms with Crippen LogP contribution in [0.15, 0.2) is 71.1 Å². The summed E-state index contributed by atoms with van der Waals surface area (Å²) in [5.41, 5.74) is 3.81. The molecule has 0 radical (unpaired) electrons. The van der Waals surface area contributed by atoms with E-state index >= 15 is 0 Å². The molecule has 0 aliphatic heterocycles. The van der Waals surface area contributed by atoms with E-state index in [1.54, 1.807) is 18.2 Å². The SMILES string of the molecule is CC(=O)c1ccc2oc(-c3ccc(OCc4ccccc4)c(C)c3)cc2c1O. The molecule has 1 N–H and O–H groups in total. The predicted octanol–water partition coefficient (Wildman–Crippen LogP) is 5.90. The number of ether oxygens (including phenoxy) is 1. The van der Waals surface area contributed by atoms with Gasteiger partial charge < -0.3 is 14.3 Å². The van der Waals surface area contributed by atoms with Crippen molar-refractivity contribution in [3.8, 4) is 22.8 Å². The number of fused-ring (bicyclic) bond motifs is 1. The summed E-state index contributed by atoms with van der Waals surface area (Å²) >= 11 is 0. The minimum absolute atomic E-state index is 0.0421. The van der Waals surface area contributed by atoms with E-state index in [2.05, 4.69) is 0 Å². The van der Waals surface area contributed by atoms with E-state index in [1.807, 2.05) is 55.5 Å². The van der Waals surface area contributed by atoms with Crippen LogP contribution in [0.4, 0.5) is 0 Å². The van der Waals surface area contributed by atoms with Crippen LogP contribution in [0.2, 0.25) is 0 Å². The van der Waals surface area contributed by atoms with Gasteiger partial charge in [-0.25, -0.2) is 0 Å². The number of carbonyl (C=O) groups is 1. The number of benzene rings is 3. The van der Waals surface area contributed by atoms with Gasteiger partial charge in [0.1, 0.15) is 29.4 Å². The van der Waals surface area contributed by atoms with Crippen LogP contribution in [-0.2, 0) is 6.61 Å². The first kappa shape index (κ1) is 17.9. The van der Waals surface area contributed by atoms with Gasteiger partial charge in [0, 0.05) is 5.56 Å². The lowest BCUT2D eigenvalue weighted by Crippen LogP contribution is -1.96. The van der Waals surface area contributed by atoms with Crippen molar-refractivity contribution in [3.63, 3.8) is 0 Å². The van der Waals surface area contributed by atoms with Gasteiger partial charge in [0.2, 0.25) is 0 Å². The Morgan fingerprint density at radius 1 is 1.04 bits per heavy atom. The number of ketones is 1. The Morgan fingerprint density at radius 3 is 2.54 bits per heavy atom. The van der Waals surface area contributed by atoms with Crippen LogP contribution < -0.4 is 4.74 Å². The fourth-order valence-electron chi connectivity index (χ4n) is 3.22. The van der Waals surface area contributed by atoms with Gasteiger partial charge in [0.15, 0.2) is 5.78 Å². The lowest BCUT2D eigenvalue weighted by atomic mass is 10.1. The molecule has 1 aromatic heterocycles. The van der Waals surface area contributed by atoms with Crippen molar-refractivity contribution < 1.29 is 19.1 Å². The monoisotopic (exact) mass is 372 g/mol. The van der Waals surface area contributed by atoms with E-state index in [-0.39, 0.29) is 11.5 Å². The number of hydrogen-bond acceptors (Lipinski definition) is 4. The molecule has 0 aliphatic rings. The zero-order valence-corrected chi connectivity index (χ0v) is 15.7. The van der Waals surface area contributed by atoms with Gasteiger partial charge >= 0.3 is 0 Å². The molecular formula is C24H20O4. The molecule has 28 heavy (non-hydrogen) atoms. The molecule has 1 heterocycles. The molecule has 3 aromatic carbocycles. The smallest absolute Gasteiger partial charge is 0.163 e. The number of aromatic hydroxyl groups is 1. The van der Waals surface area contributed by atoms with Crippen molar-refractivity contribution in [2.75, 3.05) is 0 Å². The van der Waals surface area contributed by atoms with Gasteiger partial charge in [0.25, 0.3) is 0 Å². The fraction of sp³-hybridized carbons (Fsp3) is 0.125. The Balaban J connectivity index is 1.62. The summed E-state index contributed by atoms with van der Waals surface area (Å²) in [6.45, 7) is 3.92. The third-order valence-electron chi connectivity index (χ3n) is 4.75. The first-order valence-electron chi connectivity index (χ1n) is 9.07. The van der Waals surface area contributed by atoms with E-state index in [1.165, 1.54) is 6.92 Å². The molecule has 0 amide bonds. The van der Waals surface area contributed by atoms with Crippen molar-refractivity contribution >= 4 is 16.8 Å². The van der Waals surface area contributed by atoms with Crippen LogP contribution in [0.5, 0.6) is 11.5 Å². The molecule has 0 spiro atoms. The molecule has 0 aliphatic carbocycles. The molecule has 4 nitrogen and oxygen atoms in total. The minimum Gasteiger partial charge on any atom is -0.506 e. The largest absolute Gasteiger partial charge is 0.506 e. The minimum atomic E-state index is -0.182. The maximum atomic E-state index is 11.6. The maximum Gasteiger partial charge on any atom is 0.163 e. The molecule has 4 aromatic rings. The summed E-state index contributed by atoms with van der Waals surface area (Å²) in [5, 5.41) is 10.9. The average Bonchev–Trinajstić information content (AvgIpc) is 3.13. The topological polar surface area (TPSA) is 59.7 Å². The van der Waals surface area contributed by atoms with Crippen LogP contribution in [0.1, 0.15) is 28.4 Å². The Morgan fingerprint density at radius 2 is 1.82 bits per heavy atom. The second-order valence-electron chi connectivity index (χ2n) is 6.79. The maximum absolute atomic E-state index is 11.6. The van der Waals surface area contributed by atoms with E-state index in [0.717, 1.165) is 22.4 Å². The Kier molecular flexibility index (Phi) is 4.62.